The molecule has 3 nitrogen and oxygen atoms in total. The first-order chi connectivity index (χ1) is 56.6. The van der Waals surface area contributed by atoms with E-state index in [-0.39, 0.29) is 28.4 Å². The maximum atomic E-state index is 2.76. The Hall–Kier alpha value is -13.0. The smallest absolute Gasteiger partial charge is 0.252 e. The van der Waals surface area contributed by atoms with E-state index < -0.39 is 5.41 Å². The molecule has 2 aliphatic heterocycles. The minimum atomic E-state index is -0.611. The lowest BCUT2D eigenvalue weighted by Gasteiger charge is -2.46. The number of aromatic nitrogens is 1. The zero-order valence-electron chi connectivity index (χ0n) is 68.9. The van der Waals surface area contributed by atoms with Crippen molar-refractivity contribution in [1.29, 1.82) is 0 Å². The first-order valence-electron chi connectivity index (χ1n) is 41.8. The maximum Gasteiger partial charge on any atom is 0.252 e. The van der Waals surface area contributed by atoms with Crippen LogP contribution in [0.4, 0.5) is 34.1 Å². The van der Waals surface area contributed by atoms with Crippen molar-refractivity contribution in [2.75, 3.05) is 9.80 Å². The molecule has 1 spiro atoms. The maximum absolute atomic E-state index is 2.76. The van der Waals surface area contributed by atoms with Crippen molar-refractivity contribution in [2.45, 2.75) is 110 Å². The lowest BCUT2D eigenvalue weighted by atomic mass is 9.33. The monoisotopic (exact) mass is 1500 g/mol. The van der Waals surface area contributed by atoms with Gasteiger partial charge in [0, 0.05) is 55.8 Å². The van der Waals surface area contributed by atoms with Crippen LogP contribution in [0.5, 0.6) is 0 Å². The second kappa shape index (κ2) is 26.5. The van der Waals surface area contributed by atoms with E-state index in [1.165, 1.54) is 111 Å². The van der Waals surface area contributed by atoms with Crippen molar-refractivity contribution in [3.63, 3.8) is 0 Å². The van der Waals surface area contributed by atoms with Gasteiger partial charge in [-0.15, -0.1) is 0 Å². The van der Waals surface area contributed by atoms with Gasteiger partial charge in [-0.25, -0.2) is 0 Å². The van der Waals surface area contributed by atoms with Gasteiger partial charge in [-0.3, -0.25) is 0 Å². The first kappa shape index (κ1) is 71.7. The molecule has 2 aliphatic carbocycles. The molecule has 1 aromatic heterocycles. The van der Waals surface area contributed by atoms with Gasteiger partial charge in [0.05, 0.1) is 33.5 Å². The number of fused-ring (bicyclic) bond motifs is 17. The van der Waals surface area contributed by atoms with Crippen molar-refractivity contribution < 1.29 is 0 Å². The van der Waals surface area contributed by atoms with Crippen LogP contribution >= 0.6 is 0 Å². The minimum absolute atomic E-state index is 0.109. The average molecular weight is 1500 g/mol. The third kappa shape index (κ3) is 11.2. The Balaban J connectivity index is 0.956. The number of para-hydroxylation sites is 2. The predicted octanol–water partition coefficient (Wildman–Crippen LogP) is 28.4. The summed E-state index contributed by atoms with van der Waals surface area (Å²) in [5.41, 5.74) is 42.2. The Morgan fingerprint density at radius 2 is 0.615 bits per heavy atom. The Labute approximate surface area is 690 Å². The van der Waals surface area contributed by atoms with Gasteiger partial charge in [0.25, 0.3) is 6.71 Å². The van der Waals surface area contributed by atoms with Crippen LogP contribution in [0.1, 0.15) is 128 Å². The quantitative estimate of drug-likeness (QED) is 0.133. The molecule has 0 amide bonds. The van der Waals surface area contributed by atoms with E-state index >= 15 is 0 Å². The number of hydrogen-bond acceptors (Lipinski definition) is 2. The third-order valence-corrected chi connectivity index (χ3v) is 26.0. The van der Waals surface area contributed by atoms with E-state index in [0.717, 1.165) is 101 Å². The summed E-state index contributed by atoms with van der Waals surface area (Å²) in [4.78, 5) is 5.48. The Bertz CT molecular complexity index is 6630. The largest absolute Gasteiger partial charge is 0.310 e. The molecule has 4 heteroatoms. The number of nitrogens with zero attached hydrogens (tertiary/aromatic N) is 3. The highest BCUT2D eigenvalue weighted by Gasteiger charge is 2.53. The van der Waals surface area contributed by atoms with Crippen molar-refractivity contribution >= 4 is 79.0 Å². The van der Waals surface area contributed by atoms with Crippen LogP contribution in [0.2, 0.25) is 0 Å². The number of benzene rings is 16. The predicted molar refractivity (Wildman–Crippen MR) is 499 cm³/mol. The fourth-order valence-electron chi connectivity index (χ4n) is 20.2. The summed E-state index contributed by atoms with van der Waals surface area (Å²) >= 11 is 0. The molecular weight excluding hydrogens is 1410 g/mol. The van der Waals surface area contributed by atoms with Gasteiger partial charge in [-0.05, 0) is 198 Å². The summed E-state index contributed by atoms with van der Waals surface area (Å²) in [6, 6.07) is 136. The first-order valence-corrected chi connectivity index (χ1v) is 41.8. The van der Waals surface area contributed by atoms with Crippen LogP contribution in [-0.2, 0) is 27.1 Å². The molecule has 4 aliphatic rings. The molecule has 0 saturated heterocycles. The fourth-order valence-corrected chi connectivity index (χ4v) is 20.2. The molecule has 16 aromatic carbocycles. The summed E-state index contributed by atoms with van der Waals surface area (Å²) in [5, 5.41) is 2.48. The van der Waals surface area contributed by atoms with E-state index in [9.17, 15) is 0 Å². The van der Waals surface area contributed by atoms with Gasteiger partial charge < -0.3 is 14.4 Å². The highest BCUT2D eigenvalue weighted by atomic mass is 15.2. The molecular formula is C113H94BN3. The standard InChI is InChI=1S/C113H94BN3/c1-109(2,3)78-56-60-99-92(67-78)93-68-79(110(4,5)6)57-61-100(93)115(99)82-69-103-106-104(70-82)117(108-86(73-38-21-15-22-39-73)48-33-49-87(108)74-40-23-16-24-41-74)102-65-76(83-45-31-50-91-90-44-27-30-53-96(90)113(105(83)91)94-51-28-25-42-88(94)89-43-26-29-52-95(89)113)54-58-97(102)114(106)98-64-75(77-62-80(111(7,8)9)66-81(63-77)112(10,11)12)55-59-101(98)116(103)107-84(71-34-17-13-18-35-71)46-32-47-85(107)72-36-19-14-20-37-72/h13-70H,1-12H3. The number of hydrogen-bond donors (Lipinski definition) is 0. The highest BCUT2D eigenvalue weighted by molar-refractivity contribution is 7.00. The van der Waals surface area contributed by atoms with Crippen LogP contribution in [0.25, 0.3) is 117 Å². The average Bonchev–Trinajstić information content (AvgIpc) is 1.61. The summed E-state index contributed by atoms with van der Waals surface area (Å²) in [5.74, 6) is 0. The fraction of sp³-hybridized carbons (Fsp3) is 0.150. The highest BCUT2D eigenvalue weighted by Crippen LogP contribution is 2.65. The van der Waals surface area contributed by atoms with Crippen molar-refractivity contribution in [3.8, 4) is 94.7 Å². The summed E-state index contributed by atoms with van der Waals surface area (Å²) in [6.45, 7) is 28.0. The van der Waals surface area contributed by atoms with E-state index in [0.29, 0.717) is 0 Å². The SMILES string of the molecule is CC(C)(C)c1cc(-c2ccc3c(c2)B2c4ccc(-c5cccc6c5C5(c7ccccc7-c7ccccc75)c5ccccc5-6)cc4N(c4c(-c5ccccc5)cccc4-c4ccccc4)c4cc(-n5c6ccc(C(C)(C)C)cc6c6cc(C(C)(C)C)ccc65)cc(c42)N3c2c(-c3ccccc3)cccc2-c2ccccc2)cc(C(C)(C)C)c1. The molecule has 0 bridgehead atoms. The van der Waals surface area contributed by atoms with Crippen LogP contribution in [0.3, 0.4) is 0 Å². The van der Waals surface area contributed by atoms with Crippen LogP contribution < -0.4 is 26.2 Å². The van der Waals surface area contributed by atoms with Gasteiger partial charge in [0.15, 0.2) is 0 Å². The van der Waals surface area contributed by atoms with Gasteiger partial charge >= 0.3 is 0 Å². The van der Waals surface area contributed by atoms with Crippen molar-refractivity contribution in [3.05, 3.63) is 396 Å². The second-order valence-corrected chi connectivity index (χ2v) is 37.1. The van der Waals surface area contributed by atoms with Gasteiger partial charge in [0.2, 0.25) is 0 Å². The summed E-state index contributed by atoms with van der Waals surface area (Å²) in [7, 11) is 0. The molecule has 0 N–H and O–H groups in total. The van der Waals surface area contributed by atoms with E-state index in [1.54, 1.807) is 0 Å². The van der Waals surface area contributed by atoms with E-state index in [4.69, 9.17) is 0 Å². The molecule has 0 atom stereocenters. The number of rotatable bonds is 9. The summed E-state index contributed by atoms with van der Waals surface area (Å²) < 4.78 is 2.62. The van der Waals surface area contributed by atoms with E-state index in [1.807, 2.05) is 0 Å². The number of anilines is 6. The van der Waals surface area contributed by atoms with E-state index in [2.05, 4.69) is 449 Å². The molecule has 0 unspecified atom stereocenters. The molecule has 0 radical (unpaired) electrons. The Morgan fingerprint density at radius 1 is 0.239 bits per heavy atom. The minimum Gasteiger partial charge on any atom is -0.310 e. The molecule has 117 heavy (non-hydrogen) atoms. The zero-order valence-corrected chi connectivity index (χ0v) is 68.9. The summed E-state index contributed by atoms with van der Waals surface area (Å²) in [6.07, 6.45) is 0. The van der Waals surface area contributed by atoms with Crippen LogP contribution in [0.15, 0.2) is 352 Å². The van der Waals surface area contributed by atoms with Crippen molar-refractivity contribution in [1.82, 2.24) is 4.57 Å². The topological polar surface area (TPSA) is 11.4 Å². The Morgan fingerprint density at radius 3 is 1.05 bits per heavy atom. The zero-order chi connectivity index (χ0) is 79.8. The Kier molecular flexibility index (Phi) is 16.3. The molecule has 21 rings (SSSR count). The normalized spacial score (nSPS) is 13.7. The molecule has 17 aromatic rings. The second-order valence-electron chi connectivity index (χ2n) is 37.1. The molecule has 0 fully saturated rings. The van der Waals surface area contributed by atoms with Gasteiger partial charge in [-0.2, -0.15) is 0 Å². The molecule has 0 saturated carbocycles. The molecule has 3 heterocycles. The van der Waals surface area contributed by atoms with Gasteiger partial charge in [-0.1, -0.05) is 386 Å². The lowest BCUT2D eigenvalue weighted by Crippen LogP contribution is -2.61. The van der Waals surface area contributed by atoms with Crippen LogP contribution in [0, 0.1) is 0 Å². The molecule has 564 valence electrons. The van der Waals surface area contributed by atoms with Crippen LogP contribution in [-0.4, -0.2) is 11.3 Å². The lowest BCUT2D eigenvalue weighted by molar-refractivity contribution is 0.569. The third-order valence-electron chi connectivity index (χ3n) is 26.0. The van der Waals surface area contributed by atoms with Gasteiger partial charge in [0.1, 0.15) is 0 Å². The van der Waals surface area contributed by atoms with Crippen molar-refractivity contribution in [2.24, 2.45) is 0 Å².